The highest BCUT2D eigenvalue weighted by Crippen LogP contribution is 2.17. The molecule has 4 heteroatoms. The summed E-state index contributed by atoms with van der Waals surface area (Å²) in [6, 6.07) is 5.76. The van der Waals surface area contributed by atoms with Gasteiger partial charge in [0.1, 0.15) is 0 Å². The number of pyridine rings is 1. The van der Waals surface area contributed by atoms with Crippen molar-refractivity contribution in [3.63, 3.8) is 0 Å². The molecule has 0 bridgehead atoms. The molecule has 0 radical (unpaired) electrons. The van der Waals surface area contributed by atoms with Gasteiger partial charge in [0.05, 0.1) is 5.69 Å². The lowest BCUT2D eigenvalue weighted by molar-refractivity contribution is 1.01. The molecule has 2 aromatic rings. The molecule has 0 aliphatic carbocycles. The van der Waals surface area contributed by atoms with Crippen molar-refractivity contribution in [1.29, 1.82) is 0 Å². The van der Waals surface area contributed by atoms with Crippen LogP contribution >= 0.6 is 0 Å². The molecule has 76 valence electrons. The van der Waals surface area contributed by atoms with Gasteiger partial charge >= 0.3 is 0 Å². The van der Waals surface area contributed by atoms with Gasteiger partial charge in [-0.1, -0.05) is 6.92 Å². The summed E-state index contributed by atoms with van der Waals surface area (Å²) in [7, 11) is 0. The fraction of sp³-hybridized carbons (Fsp3) is 0.182. The molecule has 0 fully saturated rings. The van der Waals surface area contributed by atoms with Gasteiger partial charge in [-0.25, -0.2) is 9.97 Å². The average Bonchev–Trinajstić information content (AvgIpc) is 2.29. The number of aromatic nitrogens is 3. The standard InChI is InChI=1S/C11H12N4/c1-2-9-7-10(15-11(12)14-9)8-3-5-13-6-4-8/h3-7H,2H2,1H3,(H2,12,14,15). The number of anilines is 1. The third kappa shape index (κ3) is 2.10. The van der Waals surface area contributed by atoms with E-state index in [2.05, 4.69) is 15.0 Å². The van der Waals surface area contributed by atoms with Crippen LogP contribution in [0.25, 0.3) is 11.3 Å². The Labute approximate surface area is 88.2 Å². The minimum atomic E-state index is 0.321. The van der Waals surface area contributed by atoms with Gasteiger partial charge in [-0.3, -0.25) is 4.98 Å². The first kappa shape index (κ1) is 9.58. The normalized spacial score (nSPS) is 10.2. The number of nitrogens with two attached hydrogens (primary N) is 1. The van der Waals surface area contributed by atoms with E-state index in [1.807, 2.05) is 25.1 Å². The molecule has 2 rings (SSSR count). The van der Waals surface area contributed by atoms with Crippen LogP contribution in [-0.4, -0.2) is 15.0 Å². The maximum atomic E-state index is 5.63. The van der Waals surface area contributed by atoms with E-state index in [-0.39, 0.29) is 0 Å². The molecule has 0 aliphatic heterocycles. The van der Waals surface area contributed by atoms with Gasteiger partial charge in [-0.15, -0.1) is 0 Å². The second-order valence-corrected chi connectivity index (χ2v) is 3.19. The summed E-state index contributed by atoms with van der Waals surface area (Å²) in [5.74, 6) is 0.321. The van der Waals surface area contributed by atoms with E-state index in [0.717, 1.165) is 23.4 Å². The maximum absolute atomic E-state index is 5.63. The van der Waals surface area contributed by atoms with Crippen LogP contribution in [0.3, 0.4) is 0 Å². The van der Waals surface area contributed by atoms with Gasteiger partial charge in [0.15, 0.2) is 0 Å². The van der Waals surface area contributed by atoms with Crippen LogP contribution in [0, 0.1) is 0 Å². The van der Waals surface area contributed by atoms with Crippen molar-refractivity contribution < 1.29 is 0 Å². The van der Waals surface area contributed by atoms with Crippen molar-refractivity contribution in [2.24, 2.45) is 0 Å². The summed E-state index contributed by atoms with van der Waals surface area (Å²) in [5.41, 5.74) is 8.44. The Hall–Kier alpha value is -1.97. The van der Waals surface area contributed by atoms with Crippen LogP contribution in [0.15, 0.2) is 30.6 Å². The van der Waals surface area contributed by atoms with Gasteiger partial charge < -0.3 is 5.73 Å². The Morgan fingerprint density at radius 1 is 1.20 bits per heavy atom. The minimum absolute atomic E-state index is 0.321. The van der Waals surface area contributed by atoms with E-state index >= 15 is 0 Å². The number of hydrogen-bond acceptors (Lipinski definition) is 4. The highest BCUT2D eigenvalue weighted by molar-refractivity contribution is 5.59. The van der Waals surface area contributed by atoms with Gasteiger partial charge in [0.25, 0.3) is 0 Å². The maximum Gasteiger partial charge on any atom is 0.220 e. The van der Waals surface area contributed by atoms with Gasteiger partial charge in [0.2, 0.25) is 5.95 Å². The van der Waals surface area contributed by atoms with Gasteiger partial charge in [-0.05, 0) is 24.6 Å². The molecule has 2 N–H and O–H groups in total. The Bertz CT molecular complexity index is 453. The zero-order valence-corrected chi connectivity index (χ0v) is 8.51. The summed E-state index contributed by atoms with van der Waals surface area (Å²) < 4.78 is 0. The molecule has 0 atom stereocenters. The Kier molecular flexibility index (Phi) is 2.58. The molecule has 0 aliphatic rings. The topological polar surface area (TPSA) is 64.7 Å². The molecule has 0 aromatic carbocycles. The van der Waals surface area contributed by atoms with Crippen molar-refractivity contribution in [3.8, 4) is 11.3 Å². The Balaban J connectivity index is 2.49. The van der Waals surface area contributed by atoms with E-state index in [0.29, 0.717) is 5.95 Å². The van der Waals surface area contributed by atoms with E-state index in [1.54, 1.807) is 12.4 Å². The van der Waals surface area contributed by atoms with Crippen LogP contribution in [0.2, 0.25) is 0 Å². The summed E-state index contributed by atoms with van der Waals surface area (Å²) >= 11 is 0. The molecule has 0 spiro atoms. The van der Waals surface area contributed by atoms with Gasteiger partial charge in [-0.2, -0.15) is 0 Å². The lowest BCUT2D eigenvalue weighted by Crippen LogP contribution is -2.00. The zero-order chi connectivity index (χ0) is 10.7. The number of rotatable bonds is 2. The molecule has 0 unspecified atom stereocenters. The van der Waals surface area contributed by atoms with E-state index in [4.69, 9.17) is 5.73 Å². The van der Waals surface area contributed by atoms with Crippen LogP contribution in [0.5, 0.6) is 0 Å². The van der Waals surface area contributed by atoms with E-state index < -0.39 is 0 Å². The SMILES string of the molecule is CCc1cc(-c2ccncc2)nc(N)n1. The Morgan fingerprint density at radius 2 is 1.93 bits per heavy atom. The average molecular weight is 200 g/mol. The third-order valence-electron chi connectivity index (χ3n) is 2.13. The second kappa shape index (κ2) is 4.04. The third-order valence-corrected chi connectivity index (χ3v) is 2.13. The summed E-state index contributed by atoms with van der Waals surface area (Å²) in [4.78, 5) is 12.3. The fourth-order valence-electron chi connectivity index (χ4n) is 1.37. The number of nitrogen functional groups attached to an aromatic ring is 1. The largest absolute Gasteiger partial charge is 0.368 e. The highest BCUT2D eigenvalue weighted by atomic mass is 15.0. The van der Waals surface area contributed by atoms with Crippen molar-refractivity contribution >= 4 is 5.95 Å². The predicted molar refractivity (Wildman–Crippen MR) is 59.1 cm³/mol. The molecule has 0 saturated heterocycles. The molecule has 0 amide bonds. The molecular weight excluding hydrogens is 188 g/mol. The molecule has 2 heterocycles. The minimum Gasteiger partial charge on any atom is -0.368 e. The molecule has 15 heavy (non-hydrogen) atoms. The smallest absolute Gasteiger partial charge is 0.220 e. The van der Waals surface area contributed by atoms with Crippen molar-refractivity contribution in [2.75, 3.05) is 5.73 Å². The van der Waals surface area contributed by atoms with E-state index in [1.165, 1.54) is 0 Å². The fourth-order valence-corrected chi connectivity index (χ4v) is 1.37. The molecule has 4 nitrogen and oxygen atoms in total. The summed E-state index contributed by atoms with van der Waals surface area (Å²) in [6.45, 7) is 2.04. The zero-order valence-electron chi connectivity index (χ0n) is 8.51. The number of nitrogens with zero attached hydrogens (tertiary/aromatic N) is 3. The van der Waals surface area contributed by atoms with Crippen molar-refractivity contribution in [3.05, 3.63) is 36.3 Å². The quantitative estimate of drug-likeness (QED) is 0.801. The van der Waals surface area contributed by atoms with Gasteiger partial charge in [0, 0.05) is 23.7 Å². The first-order valence-corrected chi connectivity index (χ1v) is 4.83. The lowest BCUT2D eigenvalue weighted by atomic mass is 10.1. The van der Waals surface area contributed by atoms with Crippen LogP contribution in [0.4, 0.5) is 5.95 Å². The summed E-state index contributed by atoms with van der Waals surface area (Å²) in [6.07, 6.45) is 4.32. The molecule has 2 aromatic heterocycles. The first-order valence-electron chi connectivity index (χ1n) is 4.83. The molecule has 0 saturated carbocycles. The van der Waals surface area contributed by atoms with Crippen molar-refractivity contribution in [1.82, 2.24) is 15.0 Å². The summed E-state index contributed by atoms with van der Waals surface area (Å²) in [5, 5.41) is 0. The second-order valence-electron chi connectivity index (χ2n) is 3.19. The monoisotopic (exact) mass is 200 g/mol. The van der Waals surface area contributed by atoms with E-state index in [9.17, 15) is 0 Å². The number of hydrogen-bond donors (Lipinski definition) is 1. The highest BCUT2D eigenvalue weighted by Gasteiger charge is 2.02. The number of aryl methyl sites for hydroxylation is 1. The van der Waals surface area contributed by atoms with Crippen molar-refractivity contribution in [2.45, 2.75) is 13.3 Å². The predicted octanol–water partition coefficient (Wildman–Crippen LogP) is 1.68. The first-order chi connectivity index (χ1) is 7.29. The van der Waals surface area contributed by atoms with Crippen LogP contribution in [0.1, 0.15) is 12.6 Å². The lowest BCUT2D eigenvalue weighted by Gasteiger charge is -2.03. The Morgan fingerprint density at radius 3 is 2.60 bits per heavy atom. The van der Waals surface area contributed by atoms with Crippen LogP contribution < -0.4 is 5.73 Å². The van der Waals surface area contributed by atoms with Crippen LogP contribution in [-0.2, 0) is 6.42 Å². The molecular formula is C11H12N4.